The molecule has 12 nitrogen and oxygen atoms in total. The number of carbonyl (C=O) groups is 2. The summed E-state index contributed by atoms with van der Waals surface area (Å²) in [5.41, 5.74) is -0.337. The molecule has 1 aromatic heterocycles. The van der Waals surface area contributed by atoms with Gasteiger partial charge in [0.2, 0.25) is 5.91 Å². The van der Waals surface area contributed by atoms with E-state index in [1.54, 1.807) is 30.3 Å². The van der Waals surface area contributed by atoms with Crippen molar-refractivity contribution < 1.29 is 28.1 Å². The lowest BCUT2D eigenvalue weighted by molar-refractivity contribution is -0.114. The molecule has 1 amide bonds. The van der Waals surface area contributed by atoms with Gasteiger partial charge >= 0.3 is 11.7 Å². The molecule has 1 N–H and O–H groups in total. The summed E-state index contributed by atoms with van der Waals surface area (Å²) in [4.78, 5) is 40.8. The molecule has 0 aliphatic rings. The number of rotatable bonds is 17. The molecule has 13 heteroatoms. The Bertz CT molecular complexity index is 1190. The highest BCUT2D eigenvalue weighted by molar-refractivity contribution is 7.44. The van der Waals surface area contributed by atoms with E-state index in [0.717, 1.165) is 0 Å². The minimum atomic E-state index is -1.50. The Labute approximate surface area is 242 Å². The van der Waals surface area contributed by atoms with Crippen molar-refractivity contribution in [3.05, 3.63) is 58.6 Å². The van der Waals surface area contributed by atoms with Gasteiger partial charge in [0, 0.05) is 25.2 Å². The quantitative estimate of drug-likeness (QED) is 0.157. The molecule has 0 saturated heterocycles. The van der Waals surface area contributed by atoms with Crippen LogP contribution in [0.5, 0.6) is 0 Å². The first-order valence-electron chi connectivity index (χ1n) is 13.5. The molecule has 1 aromatic carbocycles. The van der Waals surface area contributed by atoms with Crippen molar-refractivity contribution in [3.8, 4) is 6.07 Å². The van der Waals surface area contributed by atoms with Gasteiger partial charge in [-0.3, -0.25) is 9.36 Å². The molecule has 1 heterocycles. The summed E-state index contributed by atoms with van der Waals surface area (Å²) in [5.74, 6) is -0.845. The number of ether oxygens (including phenoxy) is 2. The minimum Gasteiger partial charge on any atom is -0.457 e. The van der Waals surface area contributed by atoms with Crippen LogP contribution in [0.1, 0.15) is 71.0 Å². The lowest BCUT2D eigenvalue weighted by Crippen LogP contribution is -2.36. The molecule has 0 fully saturated rings. The summed E-state index contributed by atoms with van der Waals surface area (Å²) in [7, 11) is -1.50. The van der Waals surface area contributed by atoms with Gasteiger partial charge in [-0.05, 0) is 52.3 Å². The molecule has 0 saturated carbocycles. The van der Waals surface area contributed by atoms with Crippen LogP contribution in [0.15, 0.2) is 47.4 Å². The van der Waals surface area contributed by atoms with Crippen LogP contribution in [-0.4, -0.2) is 64.1 Å². The molecule has 0 spiro atoms. The number of carbonyl (C=O) groups excluding carboxylic acids is 2. The Morgan fingerprint density at radius 3 is 2.34 bits per heavy atom. The first kappa shape index (κ1) is 34.0. The van der Waals surface area contributed by atoms with Crippen molar-refractivity contribution in [3.63, 3.8) is 0 Å². The van der Waals surface area contributed by atoms with E-state index in [0.29, 0.717) is 12.0 Å². The Kier molecular flexibility index (Phi) is 14.6. The Morgan fingerprint density at radius 2 is 1.78 bits per heavy atom. The maximum atomic E-state index is 12.9. The van der Waals surface area contributed by atoms with E-state index >= 15 is 0 Å². The van der Waals surface area contributed by atoms with Crippen LogP contribution in [-0.2, 0) is 23.3 Å². The second kappa shape index (κ2) is 17.6. The maximum absolute atomic E-state index is 12.9. The number of benzene rings is 1. The average Bonchev–Trinajstić information content (AvgIpc) is 2.92. The summed E-state index contributed by atoms with van der Waals surface area (Å²) in [6.07, 6.45) is 0.633. The number of nitriles is 1. The van der Waals surface area contributed by atoms with Crippen LogP contribution in [0.2, 0.25) is 0 Å². The third-order valence-corrected chi connectivity index (χ3v) is 7.72. The molecule has 3 atom stereocenters. The van der Waals surface area contributed by atoms with Crippen molar-refractivity contribution >= 4 is 26.2 Å². The van der Waals surface area contributed by atoms with E-state index in [1.807, 2.05) is 34.6 Å². The fourth-order valence-electron chi connectivity index (χ4n) is 3.81. The van der Waals surface area contributed by atoms with Crippen molar-refractivity contribution in [2.24, 2.45) is 0 Å². The number of aromatic nitrogens is 2. The van der Waals surface area contributed by atoms with Gasteiger partial charge in [-0.1, -0.05) is 25.1 Å². The Hall–Kier alpha value is -3.20. The molecule has 2 rings (SSSR count). The van der Waals surface area contributed by atoms with Gasteiger partial charge < -0.3 is 23.8 Å². The third kappa shape index (κ3) is 11.3. The number of hydrogen-bond acceptors (Lipinski definition) is 10. The number of nitrogens with zero attached hydrogens (tertiary/aromatic N) is 4. The highest BCUT2D eigenvalue weighted by Crippen LogP contribution is 2.46. The highest BCUT2D eigenvalue weighted by Gasteiger charge is 2.29. The second-order valence-electron chi connectivity index (χ2n) is 9.61. The van der Waals surface area contributed by atoms with Crippen molar-refractivity contribution in [1.82, 2.24) is 14.2 Å². The smallest absolute Gasteiger partial charge is 0.351 e. The van der Waals surface area contributed by atoms with Gasteiger partial charge in [0.25, 0.3) is 8.53 Å². The number of anilines is 1. The lowest BCUT2D eigenvalue weighted by Gasteiger charge is -2.36. The predicted octanol–water partition coefficient (Wildman–Crippen LogP) is 4.65. The second-order valence-corrected chi connectivity index (χ2v) is 11.1. The molecule has 2 aromatic rings. The zero-order chi connectivity index (χ0) is 30.4. The molecule has 0 aliphatic carbocycles. The van der Waals surface area contributed by atoms with Crippen LogP contribution < -0.4 is 11.0 Å². The van der Waals surface area contributed by atoms with Gasteiger partial charge in [0.15, 0.2) is 6.23 Å². The fourth-order valence-corrected chi connectivity index (χ4v) is 5.44. The van der Waals surface area contributed by atoms with Crippen LogP contribution in [0, 0.1) is 11.3 Å². The zero-order valence-electron chi connectivity index (χ0n) is 24.5. The summed E-state index contributed by atoms with van der Waals surface area (Å²) >= 11 is 0. The average molecular weight is 590 g/mol. The third-order valence-electron chi connectivity index (χ3n) is 5.65. The molecule has 0 bridgehead atoms. The summed E-state index contributed by atoms with van der Waals surface area (Å²) in [6, 6.07) is 12.3. The van der Waals surface area contributed by atoms with Crippen LogP contribution >= 0.6 is 8.53 Å². The number of hydrogen-bond donors (Lipinski definition) is 1. The summed E-state index contributed by atoms with van der Waals surface area (Å²) in [6.45, 7) is 11.5. The van der Waals surface area contributed by atoms with E-state index in [-0.39, 0.29) is 50.1 Å². The Morgan fingerprint density at radius 1 is 1.10 bits per heavy atom. The monoisotopic (exact) mass is 589 g/mol. The summed E-state index contributed by atoms with van der Waals surface area (Å²) < 4.78 is 27.3. The highest BCUT2D eigenvalue weighted by atomic mass is 31.2. The molecule has 224 valence electrons. The van der Waals surface area contributed by atoms with Gasteiger partial charge in [0.05, 0.1) is 37.4 Å². The predicted molar refractivity (Wildman–Crippen MR) is 155 cm³/mol. The standard InChI is InChI=1S/C28H40N5O7P/c1-7-24(18-39-41(38-17-11-15-29)33(20(2)3)21(4)5)40-26(19-37-27(35)23-12-9-8-10-13-23)32-16-14-25(30-22(6)34)31-28(32)36/h8-10,12-14,16,20-21,24,26H,7,11,17-19H2,1-6H3,(H,30,31,34,36)/t24-,26-,41?/m0/s1. The van der Waals surface area contributed by atoms with Crippen LogP contribution in [0.4, 0.5) is 5.82 Å². The molecular weight excluding hydrogens is 549 g/mol. The van der Waals surface area contributed by atoms with E-state index in [4.69, 9.17) is 23.8 Å². The maximum Gasteiger partial charge on any atom is 0.351 e. The normalized spacial score (nSPS) is 13.6. The lowest BCUT2D eigenvalue weighted by atomic mass is 10.2. The van der Waals surface area contributed by atoms with Gasteiger partial charge in [-0.25, -0.2) is 14.3 Å². The van der Waals surface area contributed by atoms with Crippen molar-refractivity contribution in [1.29, 1.82) is 5.26 Å². The fraction of sp³-hybridized carbons (Fsp3) is 0.536. The van der Waals surface area contributed by atoms with E-state index in [1.165, 1.54) is 23.8 Å². The van der Waals surface area contributed by atoms with Crippen LogP contribution in [0.3, 0.4) is 0 Å². The number of nitrogens with one attached hydrogen (secondary N) is 1. The molecular formula is C28H40N5O7P. The van der Waals surface area contributed by atoms with Crippen LogP contribution in [0.25, 0.3) is 0 Å². The van der Waals surface area contributed by atoms with Crippen molar-refractivity contribution in [2.75, 3.05) is 25.1 Å². The number of amides is 1. The molecule has 0 aliphatic heterocycles. The molecule has 1 unspecified atom stereocenters. The first-order valence-corrected chi connectivity index (χ1v) is 14.7. The molecule has 0 radical (unpaired) electrons. The van der Waals surface area contributed by atoms with Gasteiger partial charge in [-0.15, -0.1) is 0 Å². The van der Waals surface area contributed by atoms with E-state index in [9.17, 15) is 14.4 Å². The van der Waals surface area contributed by atoms with E-state index in [2.05, 4.69) is 21.0 Å². The zero-order valence-corrected chi connectivity index (χ0v) is 25.4. The van der Waals surface area contributed by atoms with E-state index < -0.39 is 32.5 Å². The van der Waals surface area contributed by atoms with Gasteiger partial charge in [-0.2, -0.15) is 10.2 Å². The molecule has 41 heavy (non-hydrogen) atoms. The SMILES string of the molecule is CC[C@@H](COP(OCCC#N)N(C(C)C)C(C)C)O[C@@H](COC(=O)c1ccccc1)n1ccc(NC(C)=O)nc1=O. The largest absolute Gasteiger partial charge is 0.457 e. The first-order chi connectivity index (χ1) is 19.6. The van der Waals surface area contributed by atoms with Crippen molar-refractivity contribution in [2.45, 2.75) is 78.8 Å². The Balaban J connectivity index is 2.26. The number of esters is 1. The topological polar surface area (TPSA) is 145 Å². The summed E-state index contributed by atoms with van der Waals surface area (Å²) in [5, 5.41) is 11.4. The van der Waals surface area contributed by atoms with Gasteiger partial charge in [0.1, 0.15) is 12.4 Å². The minimum absolute atomic E-state index is 0.0942.